The normalized spacial score (nSPS) is 22.0. The van der Waals surface area contributed by atoms with Crippen LogP contribution in [0.4, 0.5) is 14.0 Å². The van der Waals surface area contributed by atoms with E-state index in [2.05, 4.69) is 20.7 Å². The molecule has 0 aromatic heterocycles. The number of benzene rings is 1. The van der Waals surface area contributed by atoms with Gasteiger partial charge in [-0.15, -0.1) is 0 Å². The molecule has 0 aliphatic carbocycles. The van der Waals surface area contributed by atoms with E-state index in [0.717, 1.165) is 57.3 Å². The largest absolute Gasteiger partial charge is 0.453 e. The molecule has 10 heteroatoms. The molecule has 3 rings (SSSR count). The molecule has 3 amide bonds. The summed E-state index contributed by atoms with van der Waals surface area (Å²) >= 11 is 0. The van der Waals surface area contributed by atoms with Crippen LogP contribution in [0.1, 0.15) is 50.2 Å². The highest BCUT2D eigenvalue weighted by Crippen LogP contribution is 2.33. The van der Waals surface area contributed by atoms with Crippen LogP contribution in [0, 0.1) is 17.7 Å². The van der Waals surface area contributed by atoms with Gasteiger partial charge in [-0.25, -0.2) is 14.0 Å². The molecule has 1 aromatic carbocycles. The quantitative estimate of drug-likeness (QED) is 0.385. The Morgan fingerprint density at radius 3 is 2.84 bits per heavy atom. The third kappa shape index (κ3) is 9.75. The van der Waals surface area contributed by atoms with E-state index in [1.54, 1.807) is 6.07 Å². The first kappa shape index (κ1) is 29.1. The molecule has 9 nitrogen and oxygen atoms in total. The van der Waals surface area contributed by atoms with Crippen LogP contribution in [0.25, 0.3) is 0 Å². The number of hydrogen-bond acceptors (Lipinski definition) is 6. The molecule has 2 fully saturated rings. The number of likely N-dealkylation sites (N-methyl/N-ethyl adjacent to an activating group) is 1. The first-order valence-corrected chi connectivity index (χ1v) is 13.5. The van der Waals surface area contributed by atoms with Crippen molar-refractivity contribution < 1.29 is 28.2 Å². The molecule has 0 spiro atoms. The maximum absolute atomic E-state index is 14.1. The average Bonchev–Trinajstić information content (AvgIpc) is 3.15. The SMILES string of the molecule is CNC[C@H](C[C@H]1CCCOC1)NC(=O)N1CCCC[C@@H]([C@@H](OCCNC(=O)OC)c2cccc(F)c2)C1. The van der Waals surface area contributed by atoms with Gasteiger partial charge in [0.25, 0.3) is 0 Å². The zero-order valence-corrected chi connectivity index (χ0v) is 22.2. The van der Waals surface area contributed by atoms with E-state index in [0.29, 0.717) is 25.6 Å². The van der Waals surface area contributed by atoms with Crippen LogP contribution in [-0.2, 0) is 14.2 Å². The molecule has 0 radical (unpaired) electrons. The molecular formula is C27H43FN4O5. The molecular weight excluding hydrogens is 479 g/mol. The number of methoxy groups -OCH3 is 1. The van der Waals surface area contributed by atoms with Crippen molar-refractivity contribution in [3.63, 3.8) is 0 Å². The second kappa shape index (κ2) is 15.7. The van der Waals surface area contributed by atoms with Gasteiger partial charge in [-0.1, -0.05) is 18.6 Å². The third-order valence-corrected chi connectivity index (χ3v) is 7.11. The number of halogens is 1. The standard InChI is InChI=1S/C27H43FN4O5/c1-29-17-24(15-20-7-6-13-36-19-20)31-26(33)32-12-4-3-8-22(18-32)25(21-9-5-10-23(28)16-21)37-14-11-30-27(34)35-2/h5,9-10,16,20,22,24-25,29H,3-4,6-8,11-15,17-19H2,1-2H3,(H,30,34)(H,31,33)/t20-,22-,24+,25+/m1/s1. The summed E-state index contributed by atoms with van der Waals surface area (Å²) in [5.41, 5.74) is 0.732. The summed E-state index contributed by atoms with van der Waals surface area (Å²) in [6.07, 6.45) is 4.84. The highest BCUT2D eigenvalue weighted by Gasteiger charge is 2.31. The summed E-state index contributed by atoms with van der Waals surface area (Å²) in [5, 5.41) is 9.06. The van der Waals surface area contributed by atoms with Gasteiger partial charge in [0.1, 0.15) is 5.82 Å². The van der Waals surface area contributed by atoms with E-state index in [9.17, 15) is 14.0 Å². The maximum Gasteiger partial charge on any atom is 0.406 e. The van der Waals surface area contributed by atoms with Crippen molar-refractivity contribution in [1.29, 1.82) is 0 Å². The predicted molar refractivity (Wildman–Crippen MR) is 139 cm³/mol. The first-order chi connectivity index (χ1) is 18.0. The Morgan fingerprint density at radius 2 is 2.11 bits per heavy atom. The van der Waals surface area contributed by atoms with Crippen LogP contribution in [0.15, 0.2) is 24.3 Å². The molecule has 3 N–H and O–H groups in total. The highest BCUT2D eigenvalue weighted by atomic mass is 19.1. The fourth-order valence-electron chi connectivity index (χ4n) is 5.31. The van der Waals surface area contributed by atoms with Gasteiger partial charge in [0.2, 0.25) is 0 Å². The Balaban J connectivity index is 1.66. The monoisotopic (exact) mass is 522 g/mol. The summed E-state index contributed by atoms with van der Waals surface area (Å²) in [4.78, 5) is 26.7. The smallest absolute Gasteiger partial charge is 0.406 e. The van der Waals surface area contributed by atoms with Crippen molar-refractivity contribution >= 4 is 12.1 Å². The maximum atomic E-state index is 14.1. The lowest BCUT2D eigenvalue weighted by Crippen LogP contribution is -2.50. The van der Waals surface area contributed by atoms with E-state index < -0.39 is 12.2 Å². The molecule has 0 bridgehead atoms. The van der Waals surface area contributed by atoms with Gasteiger partial charge in [-0.05, 0) is 62.8 Å². The Morgan fingerprint density at radius 1 is 1.24 bits per heavy atom. The summed E-state index contributed by atoms with van der Waals surface area (Å²) < 4.78 is 30.6. The fraction of sp³-hybridized carbons (Fsp3) is 0.704. The van der Waals surface area contributed by atoms with Gasteiger partial charge < -0.3 is 35.1 Å². The van der Waals surface area contributed by atoms with Crippen molar-refractivity contribution in [2.75, 3.05) is 60.2 Å². The zero-order chi connectivity index (χ0) is 26.5. The molecule has 0 saturated carbocycles. The van der Waals surface area contributed by atoms with Crippen LogP contribution in [-0.4, -0.2) is 83.2 Å². The van der Waals surface area contributed by atoms with Gasteiger partial charge in [-0.3, -0.25) is 0 Å². The number of nitrogens with one attached hydrogen (secondary N) is 3. The van der Waals surface area contributed by atoms with Crippen LogP contribution in [0.5, 0.6) is 0 Å². The number of amides is 3. The minimum absolute atomic E-state index is 0.0114. The summed E-state index contributed by atoms with van der Waals surface area (Å²) in [6.45, 7) is 3.96. The lowest BCUT2D eigenvalue weighted by atomic mass is 9.91. The fourth-order valence-corrected chi connectivity index (χ4v) is 5.31. The van der Waals surface area contributed by atoms with Crippen molar-refractivity contribution in [3.05, 3.63) is 35.6 Å². The average molecular weight is 523 g/mol. The number of hydrogen-bond donors (Lipinski definition) is 3. The minimum Gasteiger partial charge on any atom is -0.453 e. The van der Waals surface area contributed by atoms with E-state index in [4.69, 9.17) is 9.47 Å². The van der Waals surface area contributed by atoms with E-state index in [-0.39, 0.29) is 37.0 Å². The van der Waals surface area contributed by atoms with Crippen LogP contribution < -0.4 is 16.0 Å². The third-order valence-electron chi connectivity index (χ3n) is 7.11. The van der Waals surface area contributed by atoms with Crippen molar-refractivity contribution in [1.82, 2.24) is 20.9 Å². The van der Waals surface area contributed by atoms with Gasteiger partial charge in [0.05, 0.1) is 19.8 Å². The van der Waals surface area contributed by atoms with Gasteiger partial charge in [0.15, 0.2) is 0 Å². The number of carbonyl (C=O) groups excluding carboxylic acids is 2. The molecule has 208 valence electrons. The Bertz CT molecular complexity index is 839. The zero-order valence-electron chi connectivity index (χ0n) is 22.2. The number of ether oxygens (including phenoxy) is 3. The van der Waals surface area contributed by atoms with E-state index >= 15 is 0 Å². The molecule has 2 aliphatic heterocycles. The van der Waals surface area contributed by atoms with Crippen LogP contribution in [0.2, 0.25) is 0 Å². The summed E-state index contributed by atoms with van der Waals surface area (Å²) in [6, 6.07) is 6.37. The molecule has 2 saturated heterocycles. The summed E-state index contributed by atoms with van der Waals surface area (Å²) in [5.74, 6) is 0.111. The lowest BCUT2D eigenvalue weighted by Gasteiger charge is -2.33. The number of likely N-dealkylation sites (tertiary alicyclic amines) is 1. The number of alkyl carbamates (subject to hydrolysis) is 1. The van der Waals surface area contributed by atoms with Crippen LogP contribution in [0.3, 0.4) is 0 Å². The second-order valence-corrected chi connectivity index (χ2v) is 9.99. The van der Waals surface area contributed by atoms with Crippen molar-refractivity contribution in [2.45, 2.75) is 50.7 Å². The van der Waals surface area contributed by atoms with Gasteiger partial charge in [0, 0.05) is 51.4 Å². The number of carbonyl (C=O) groups is 2. The molecule has 4 atom stereocenters. The van der Waals surface area contributed by atoms with Gasteiger partial charge in [-0.2, -0.15) is 0 Å². The summed E-state index contributed by atoms with van der Waals surface area (Å²) in [7, 11) is 3.20. The molecule has 37 heavy (non-hydrogen) atoms. The predicted octanol–water partition coefficient (Wildman–Crippen LogP) is 3.46. The van der Waals surface area contributed by atoms with E-state index in [1.807, 2.05) is 18.0 Å². The van der Waals surface area contributed by atoms with E-state index in [1.165, 1.54) is 19.2 Å². The minimum atomic E-state index is -0.529. The Hall–Kier alpha value is -2.43. The van der Waals surface area contributed by atoms with Gasteiger partial charge >= 0.3 is 12.1 Å². The van der Waals surface area contributed by atoms with Crippen molar-refractivity contribution in [3.8, 4) is 0 Å². The lowest BCUT2D eigenvalue weighted by molar-refractivity contribution is 0.00389. The first-order valence-electron chi connectivity index (χ1n) is 13.5. The number of rotatable bonds is 11. The van der Waals surface area contributed by atoms with Crippen molar-refractivity contribution in [2.24, 2.45) is 11.8 Å². The highest BCUT2D eigenvalue weighted by molar-refractivity contribution is 5.74. The second-order valence-electron chi connectivity index (χ2n) is 9.99. The molecule has 1 aromatic rings. The Labute approximate surface area is 219 Å². The molecule has 0 unspecified atom stereocenters. The van der Waals surface area contributed by atoms with Crippen LogP contribution >= 0.6 is 0 Å². The molecule has 2 heterocycles. The number of nitrogens with zero attached hydrogens (tertiary/aromatic N) is 1. The Kier molecular flexibility index (Phi) is 12.4. The molecule has 2 aliphatic rings. The number of urea groups is 1. The topological polar surface area (TPSA) is 101 Å².